The molecule has 0 amide bonds. The fourth-order valence-electron chi connectivity index (χ4n) is 3.64. The first kappa shape index (κ1) is 15.1. The maximum Gasteiger partial charge on any atom is 0.163 e. The van der Waals surface area contributed by atoms with Crippen LogP contribution < -0.4 is 0 Å². The molecule has 0 spiro atoms. The molecule has 1 atom stereocenters. The summed E-state index contributed by atoms with van der Waals surface area (Å²) in [6.45, 7) is 0.985. The second-order valence-corrected chi connectivity index (χ2v) is 6.29. The van der Waals surface area contributed by atoms with Crippen molar-refractivity contribution in [3.8, 4) is 0 Å². The van der Waals surface area contributed by atoms with E-state index in [2.05, 4.69) is 0 Å². The van der Waals surface area contributed by atoms with Gasteiger partial charge in [-0.25, -0.2) is 4.39 Å². The Hall–Kier alpha value is -2.46. The molecule has 0 saturated carbocycles. The number of aryl methyl sites for hydroxylation is 1. The van der Waals surface area contributed by atoms with Crippen LogP contribution >= 0.6 is 0 Å². The third-order valence-electron chi connectivity index (χ3n) is 4.82. The Bertz CT molecular complexity index is 914. The van der Waals surface area contributed by atoms with Gasteiger partial charge in [-0.1, -0.05) is 30.3 Å². The van der Waals surface area contributed by atoms with E-state index in [1.54, 1.807) is 12.1 Å². The first-order valence-electron chi connectivity index (χ1n) is 8.08. The number of carbonyl (C=O) groups excluding carboxylic acids is 1. The van der Waals surface area contributed by atoms with E-state index >= 15 is 0 Å². The van der Waals surface area contributed by atoms with Crippen LogP contribution in [0.25, 0.3) is 10.9 Å². The van der Waals surface area contributed by atoms with E-state index < -0.39 is 0 Å². The lowest BCUT2D eigenvalue weighted by Gasteiger charge is -2.24. The van der Waals surface area contributed by atoms with Gasteiger partial charge in [0.1, 0.15) is 5.82 Å². The van der Waals surface area contributed by atoms with Gasteiger partial charge in [0.25, 0.3) is 0 Å². The Kier molecular flexibility index (Phi) is 3.69. The van der Waals surface area contributed by atoms with E-state index in [-0.39, 0.29) is 17.5 Å². The smallest absolute Gasteiger partial charge is 0.163 e. The highest BCUT2D eigenvalue weighted by atomic mass is 19.1. The van der Waals surface area contributed by atoms with Crippen LogP contribution in [0.1, 0.15) is 34.0 Å². The third kappa shape index (κ3) is 2.43. The number of aromatic nitrogens is 1. The Labute approximate surface area is 139 Å². The average molecular weight is 323 g/mol. The molecule has 0 saturated heterocycles. The van der Waals surface area contributed by atoms with E-state index in [1.165, 1.54) is 6.07 Å². The van der Waals surface area contributed by atoms with Crippen LogP contribution in [0.3, 0.4) is 0 Å². The van der Waals surface area contributed by atoms with Crippen LogP contribution in [0.2, 0.25) is 0 Å². The van der Waals surface area contributed by atoms with E-state index in [9.17, 15) is 9.18 Å². The van der Waals surface area contributed by atoms with E-state index in [4.69, 9.17) is 4.74 Å². The lowest BCUT2D eigenvalue weighted by molar-refractivity contribution is 0.0764. The van der Waals surface area contributed by atoms with Gasteiger partial charge in [0, 0.05) is 41.5 Å². The lowest BCUT2D eigenvalue weighted by Crippen LogP contribution is -2.20. The van der Waals surface area contributed by atoms with E-state index in [1.807, 2.05) is 41.9 Å². The van der Waals surface area contributed by atoms with Gasteiger partial charge in [0.05, 0.1) is 13.2 Å². The van der Waals surface area contributed by atoms with Crippen molar-refractivity contribution < 1.29 is 13.9 Å². The van der Waals surface area contributed by atoms with Gasteiger partial charge in [-0.2, -0.15) is 0 Å². The number of rotatable bonds is 3. The topological polar surface area (TPSA) is 31.2 Å². The summed E-state index contributed by atoms with van der Waals surface area (Å²) >= 11 is 0. The number of halogens is 1. The van der Waals surface area contributed by atoms with Gasteiger partial charge >= 0.3 is 0 Å². The second kappa shape index (κ2) is 5.87. The van der Waals surface area contributed by atoms with Crippen molar-refractivity contribution >= 4 is 16.7 Å². The molecular weight excluding hydrogens is 305 g/mol. The molecule has 1 aliphatic heterocycles. The molecule has 0 fully saturated rings. The Morgan fingerprint density at radius 3 is 2.83 bits per heavy atom. The number of ether oxygens (including phenoxy) is 1. The molecule has 4 heteroatoms. The normalized spacial score (nSPS) is 17.0. The maximum atomic E-state index is 13.8. The molecular formula is C20H18FNO2. The van der Waals surface area contributed by atoms with Crippen molar-refractivity contribution in [1.29, 1.82) is 0 Å². The molecule has 4 rings (SSSR count). The standard InChI is InChI=1S/C20H18FNO2/c1-22-17-8-7-15(21)10-16(17)20-14(11-24-12-18(20)22)9-19(23)13-5-3-2-4-6-13/h2-8,10,14H,9,11-12H2,1H3/t14-/m0/s1. The average Bonchev–Trinajstić information content (AvgIpc) is 2.89. The number of Topliss-reactive ketones (excluding diaryl/α,β-unsaturated/α-hetero) is 1. The molecule has 0 bridgehead atoms. The quantitative estimate of drug-likeness (QED) is 0.676. The third-order valence-corrected chi connectivity index (χ3v) is 4.82. The van der Waals surface area contributed by atoms with Crippen LogP contribution in [-0.2, 0) is 18.4 Å². The van der Waals surface area contributed by atoms with E-state index in [0.29, 0.717) is 25.2 Å². The van der Waals surface area contributed by atoms with Crippen LogP contribution in [0.4, 0.5) is 4.39 Å². The summed E-state index contributed by atoms with van der Waals surface area (Å²) in [6.07, 6.45) is 0.368. The molecule has 122 valence electrons. The van der Waals surface area contributed by atoms with Crippen molar-refractivity contribution in [2.24, 2.45) is 7.05 Å². The molecule has 1 aromatic heterocycles. The summed E-state index contributed by atoms with van der Waals surface area (Å²) in [4.78, 5) is 12.6. The second-order valence-electron chi connectivity index (χ2n) is 6.29. The van der Waals surface area contributed by atoms with Crippen LogP contribution in [-0.4, -0.2) is 17.0 Å². The fourth-order valence-corrected chi connectivity index (χ4v) is 3.64. The monoisotopic (exact) mass is 323 g/mol. The summed E-state index contributed by atoms with van der Waals surface area (Å²) in [7, 11) is 1.96. The number of carbonyl (C=O) groups is 1. The number of benzene rings is 2. The van der Waals surface area contributed by atoms with Gasteiger partial charge in [0.2, 0.25) is 0 Å². The molecule has 0 unspecified atom stereocenters. The molecule has 3 nitrogen and oxygen atoms in total. The summed E-state index contributed by atoms with van der Waals surface area (Å²) in [6, 6.07) is 14.1. The highest BCUT2D eigenvalue weighted by Crippen LogP contribution is 2.38. The zero-order chi connectivity index (χ0) is 16.7. The highest BCUT2D eigenvalue weighted by Gasteiger charge is 2.29. The summed E-state index contributed by atoms with van der Waals surface area (Å²) < 4.78 is 21.5. The minimum Gasteiger partial charge on any atom is -0.375 e. The molecule has 0 N–H and O–H groups in total. The zero-order valence-corrected chi connectivity index (χ0v) is 13.5. The summed E-state index contributed by atoms with van der Waals surface area (Å²) in [5.41, 5.74) is 3.77. The number of fused-ring (bicyclic) bond motifs is 3. The Morgan fingerprint density at radius 2 is 2.04 bits per heavy atom. The predicted octanol–water partition coefficient (Wildman–Crippen LogP) is 4.20. The maximum absolute atomic E-state index is 13.8. The number of hydrogen-bond donors (Lipinski definition) is 0. The number of nitrogens with zero attached hydrogens (tertiary/aromatic N) is 1. The predicted molar refractivity (Wildman–Crippen MR) is 90.7 cm³/mol. The SMILES string of the molecule is Cn1c2c(c3cc(F)ccc31)[C@@H](CC(=O)c1ccccc1)COC2. The first-order chi connectivity index (χ1) is 11.6. The highest BCUT2D eigenvalue weighted by molar-refractivity contribution is 5.97. The van der Waals surface area contributed by atoms with Gasteiger partial charge < -0.3 is 9.30 Å². The first-order valence-corrected chi connectivity index (χ1v) is 8.08. The van der Waals surface area contributed by atoms with Crippen LogP contribution in [0.15, 0.2) is 48.5 Å². The zero-order valence-electron chi connectivity index (χ0n) is 13.5. The fraction of sp³-hybridized carbons (Fsp3) is 0.250. The van der Waals surface area contributed by atoms with Gasteiger partial charge in [-0.15, -0.1) is 0 Å². The van der Waals surface area contributed by atoms with Crippen LogP contribution in [0.5, 0.6) is 0 Å². The summed E-state index contributed by atoms with van der Waals surface area (Å²) in [5, 5.41) is 0.890. The van der Waals surface area contributed by atoms with E-state index in [0.717, 1.165) is 22.2 Å². The van der Waals surface area contributed by atoms with Crippen molar-refractivity contribution in [3.63, 3.8) is 0 Å². The van der Waals surface area contributed by atoms with Crippen molar-refractivity contribution in [2.75, 3.05) is 6.61 Å². The van der Waals surface area contributed by atoms with Gasteiger partial charge in [0.15, 0.2) is 5.78 Å². The molecule has 24 heavy (non-hydrogen) atoms. The Balaban J connectivity index is 1.76. The largest absolute Gasteiger partial charge is 0.375 e. The van der Waals surface area contributed by atoms with Crippen LogP contribution in [0, 0.1) is 5.82 Å². The number of hydrogen-bond acceptors (Lipinski definition) is 2. The molecule has 2 aromatic carbocycles. The van der Waals surface area contributed by atoms with Crippen molar-refractivity contribution in [1.82, 2.24) is 4.57 Å². The lowest BCUT2D eigenvalue weighted by atomic mass is 9.89. The summed E-state index contributed by atoms with van der Waals surface area (Å²) in [5.74, 6) is -0.215. The van der Waals surface area contributed by atoms with Crippen molar-refractivity contribution in [2.45, 2.75) is 18.9 Å². The molecule has 0 aliphatic carbocycles. The molecule has 1 aliphatic rings. The van der Waals surface area contributed by atoms with Crippen molar-refractivity contribution in [3.05, 3.63) is 71.2 Å². The minimum atomic E-state index is -0.254. The number of ketones is 1. The molecule has 3 aromatic rings. The van der Waals surface area contributed by atoms with Gasteiger partial charge in [-0.05, 0) is 23.8 Å². The molecule has 0 radical (unpaired) electrons. The Morgan fingerprint density at radius 1 is 1.25 bits per heavy atom. The molecule has 2 heterocycles. The minimum absolute atomic E-state index is 0.0491. The van der Waals surface area contributed by atoms with Gasteiger partial charge in [-0.3, -0.25) is 4.79 Å².